The summed E-state index contributed by atoms with van der Waals surface area (Å²) >= 11 is 5.98. The largest absolute Gasteiger partial charge is 0.350 e. The average Bonchev–Trinajstić information content (AvgIpc) is 2.65. The lowest BCUT2D eigenvalue weighted by atomic mass is 9.94. The zero-order chi connectivity index (χ0) is 15.5. The van der Waals surface area contributed by atoms with Crippen molar-refractivity contribution in [3.8, 4) is 0 Å². The summed E-state index contributed by atoms with van der Waals surface area (Å²) in [6.45, 7) is 2.82. The smallest absolute Gasteiger partial charge is 0.234 e. The summed E-state index contributed by atoms with van der Waals surface area (Å²) in [6.07, 6.45) is 3.19. The van der Waals surface area contributed by atoms with E-state index in [0.29, 0.717) is 12.5 Å². The SMILES string of the molecule is NCCC1CCN(CC(=O)NC2CS(=O)(=O)CC2Cl)CC1. The van der Waals surface area contributed by atoms with Crippen molar-refractivity contribution in [3.63, 3.8) is 0 Å². The molecule has 0 spiro atoms. The summed E-state index contributed by atoms with van der Waals surface area (Å²) < 4.78 is 22.9. The molecular weight excluding hydrogens is 314 g/mol. The zero-order valence-electron chi connectivity index (χ0n) is 12.1. The van der Waals surface area contributed by atoms with E-state index in [9.17, 15) is 13.2 Å². The van der Waals surface area contributed by atoms with Gasteiger partial charge in [0, 0.05) is 0 Å². The summed E-state index contributed by atoms with van der Waals surface area (Å²) in [7, 11) is -3.11. The van der Waals surface area contributed by atoms with Gasteiger partial charge in [-0.15, -0.1) is 11.6 Å². The second kappa shape index (κ2) is 7.26. The van der Waals surface area contributed by atoms with Gasteiger partial charge in [-0.2, -0.15) is 0 Å². The number of nitrogens with one attached hydrogen (secondary N) is 1. The van der Waals surface area contributed by atoms with Gasteiger partial charge in [0.15, 0.2) is 9.84 Å². The Kier molecular flexibility index (Phi) is 5.88. The van der Waals surface area contributed by atoms with Crippen molar-refractivity contribution < 1.29 is 13.2 Å². The Morgan fingerprint density at radius 1 is 1.29 bits per heavy atom. The van der Waals surface area contributed by atoms with Crippen LogP contribution in [0.1, 0.15) is 19.3 Å². The van der Waals surface area contributed by atoms with Gasteiger partial charge in [-0.1, -0.05) is 0 Å². The molecule has 2 aliphatic rings. The number of carbonyl (C=O) groups excluding carboxylic acids is 1. The molecule has 2 fully saturated rings. The van der Waals surface area contributed by atoms with Crippen LogP contribution in [0.5, 0.6) is 0 Å². The van der Waals surface area contributed by atoms with Gasteiger partial charge in [0.2, 0.25) is 5.91 Å². The Bertz CT molecular complexity index is 463. The molecule has 8 heteroatoms. The van der Waals surface area contributed by atoms with Crippen LogP contribution in [0.4, 0.5) is 0 Å². The van der Waals surface area contributed by atoms with E-state index in [-0.39, 0.29) is 17.4 Å². The highest BCUT2D eigenvalue weighted by molar-refractivity contribution is 7.91. The van der Waals surface area contributed by atoms with E-state index in [1.54, 1.807) is 0 Å². The molecule has 2 rings (SSSR count). The second-order valence-corrected chi connectivity index (χ2v) is 8.78. The Balaban J connectivity index is 1.73. The molecule has 0 saturated carbocycles. The van der Waals surface area contributed by atoms with E-state index >= 15 is 0 Å². The maximum atomic E-state index is 12.0. The highest BCUT2D eigenvalue weighted by Gasteiger charge is 2.37. The van der Waals surface area contributed by atoms with Crippen LogP contribution in [0.15, 0.2) is 0 Å². The van der Waals surface area contributed by atoms with Crippen LogP contribution in [-0.4, -0.2) is 68.3 Å². The van der Waals surface area contributed by atoms with Crippen molar-refractivity contribution in [2.24, 2.45) is 11.7 Å². The van der Waals surface area contributed by atoms with E-state index in [0.717, 1.165) is 38.9 Å². The molecule has 2 atom stereocenters. The number of likely N-dealkylation sites (tertiary alicyclic amines) is 1. The maximum absolute atomic E-state index is 12.0. The molecule has 2 heterocycles. The first-order chi connectivity index (χ1) is 9.89. The number of amides is 1. The first-order valence-electron chi connectivity index (χ1n) is 7.46. The molecule has 2 aliphatic heterocycles. The number of hydrogen-bond acceptors (Lipinski definition) is 5. The minimum atomic E-state index is -3.11. The van der Waals surface area contributed by atoms with Gasteiger partial charge in [0.25, 0.3) is 0 Å². The number of halogens is 1. The molecular formula is C13H24ClN3O3S. The quantitative estimate of drug-likeness (QED) is 0.664. The zero-order valence-corrected chi connectivity index (χ0v) is 13.7. The van der Waals surface area contributed by atoms with Crippen LogP contribution >= 0.6 is 11.6 Å². The van der Waals surface area contributed by atoms with Crippen molar-refractivity contribution in [3.05, 3.63) is 0 Å². The van der Waals surface area contributed by atoms with Crippen molar-refractivity contribution in [1.82, 2.24) is 10.2 Å². The molecule has 0 aromatic carbocycles. The molecule has 0 radical (unpaired) electrons. The van der Waals surface area contributed by atoms with Crippen LogP contribution in [0.2, 0.25) is 0 Å². The summed E-state index contributed by atoms with van der Waals surface area (Å²) in [5.74, 6) is 0.427. The van der Waals surface area contributed by atoms with Crippen molar-refractivity contribution >= 4 is 27.3 Å². The Labute approximate surface area is 131 Å². The second-order valence-electron chi connectivity index (χ2n) is 6.06. The molecule has 2 saturated heterocycles. The molecule has 21 heavy (non-hydrogen) atoms. The lowest BCUT2D eigenvalue weighted by molar-refractivity contribution is -0.123. The fourth-order valence-electron chi connectivity index (χ4n) is 3.06. The third-order valence-corrected chi connectivity index (χ3v) is 6.65. The Hall–Kier alpha value is -0.370. The predicted molar refractivity (Wildman–Crippen MR) is 83.1 cm³/mol. The van der Waals surface area contributed by atoms with Crippen LogP contribution in [0, 0.1) is 5.92 Å². The first kappa shape index (κ1) is 17.0. The molecule has 3 N–H and O–H groups in total. The van der Waals surface area contributed by atoms with Crippen LogP contribution in [-0.2, 0) is 14.6 Å². The highest BCUT2D eigenvalue weighted by atomic mass is 35.5. The average molecular weight is 338 g/mol. The van der Waals surface area contributed by atoms with Gasteiger partial charge in [-0.3, -0.25) is 9.69 Å². The third-order valence-electron chi connectivity index (χ3n) is 4.28. The minimum absolute atomic E-state index is 0.0501. The van der Waals surface area contributed by atoms with E-state index < -0.39 is 21.3 Å². The van der Waals surface area contributed by atoms with Crippen LogP contribution < -0.4 is 11.1 Å². The summed E-state index contributed by atoms with van der Waals surface area (Å²) in [6, 6.07) is -0.459. The topological polar surface area (TPSA) is 92.5 Å². The van der Waals surface area contributed by atoms with Gasteiger partial charge in [0.05, 0.1) is 29.5 Å². The van der Waals surface area contributed by atoms with E-state index in [1.165, 1.54) is 0 Å². The number of hydrogen-bond donors (Lipinski definition) is 2. The molecule has 0 aliphatic carbocycles. The lowest BCUT2D eigenvalue weighted by Gasteiger charge is -2.31. The number of nitrogens with two attached hydrogens (primary N) is 1. The van der Waals surface area contributed by atoms with Gasteiger partial charge in [-0.05, 0) is 44.8 Å². The summed E-state index contributed by atoms with van der Waals surface area (Å²) in [4.78, 5) is 14.1. The van der Waals surface area contributed by atoms with Gasteiger partial charge >= 0.3 is 0 Å². The van der Waals surface area contributed by atoms with E-state index in [4.69, 9.17) is 17.3 Å². The number of alkyl halides is 1. The standard InChI is InChI=1S/C13H24ClN3O3S/c14-11-8-21(19,20)9-12(11)16-13(18)7-17-5-2-10(1-4-15)3-6-17/h10-12H,1-9,15H2,(H,16,18). The lowest BCUT2D eigenvalue weighted by Crippen LogP contribution is -2.47. The van der Waals surface area contributed by atoms with Crippen LogP contribution in [0.25, 0.3) is 0 Å². The molecule has 0 bridgehead atoms. The minimum Gasteiger partial charge on any atom is -0.350 e. The molecule has 0 aromatic rings. The van der Waals surface area contributed by atoms with Gasteiger partial charge in [-0.25, -0.2) is 8.42 Å². The normalized spacial score (nSPS) is 30.4. The number of carbonyl (C=O) groups is 1. The molecule has 6 nitrogen and oxygen atoms in total. The Morgan fingerprint density at radius 2 is 1.95 bits per heavy atom. The van der Waals surface area contributed by atoms with Crippen molar-refractivity contribution in [2.75, 3.05) is 37.7 Å². The van der Waals surface area contributed by atoms with Gasteiger partial charge < -0.3 is 11.1 Å². The fourth-order valence-corrected chi connectivity index (χ4v) is 5.61. The van der Waals surface area contributed by atoms with E-state index in [1.807, 2.05) is 0 Å². The Morgan fingerprint density at radius 3 is 2.48 bits per heavy atom. The number of rotatable bonds is 5. The molecule has 2 unspecified atom stereocenters. The number of piperidine rings is 1. The number of sulfone groups is 1. The highest BCUT2D eigenvalue weighted by Crippen LogP contribution is 2.20. The predicted octanol–water partition coefficient (Wildman–Crippen LogP) is -0.432. The third kappa shape index (κ3) is 5.09. The molecule has 0 aromatic heterocycles. The van der Waals surface area contributed by atoms with Crippen molar-refractivity contribution in [2.45, 2.75) is 30.7 Å². The maximum Gasteiger partial charge on any atom is 0.234 e. The summed E-state index contributed by atoms with van der Waals surface area (Å²) in [5.41, 5.74) is 5.56. The van der Waals surface area contributed by atoms with Gasteiger partial charge in [0.1, 0.15) is 0 Å². The van der Waals surface area contributed by atoms with Crippen LogP contribution in [0.3, 0.4) is 0 Å². The molecule has 1 amide bonds. The monoisotopic (exact) mass is 337 g/mol. The molecule has 122 valence electrons. The number of nitrogens with zero attached hydrogens (tertiary/aromatic N) is 1. The first-order valence-corrected chi connectivity index (χ1v) is 9.71. The van der Waals surface area contributed by atoms with Crippen molar-refractivity contribution in [1.29, 1.82) is 0 Å². The van der Waals surface area contributed by atoms with E-state index in [2.05, 4.69) is 10.2 Å². The fraction of sp³-hybridized carbons (Fsp3) is 0.923. The summed E-state index contributed by atoms with van der Waals surface area (Å²) in [5, 5.41) is 2.24.